The Labute approximate surface area is 77.2 Å². The first kappa shape index (κ1) is 8.06. The van der Waals surface area contributed by atoms with Gasteiger partial charge in [-0.25, -0.2) is 0 Å². The van der Waals surface area contributed by atoms with Crippen LogP contribution in [0.25, 0.3) is 0 Å². The Morgan fingerprint density at radius 3 is 2.73 bits per heavy atom. The molecule has 62 valence electrons. The zero-order chi connectivity index (χ0) is 7.68. The molecule has 2 aliphatic rings. The number of hydrogen-bond acceptors (Lipinski definition) is 2. The normalized spacial score (nSPS) is 31.9. The molecule has 1 unspecified atom stereocenters. The lowest BCUT2D eigenvalue weighted by atomic mass is 10.1. The first-order chi connectivity index (χ1) is 5.36. The number of allylic oxidation sites excluding steroid dienone is 2. The zero-order valence-electron chi connectivity index (χ0n) is 6.93. The van der Waals surface area contributed by atoms with Gasteiger partial charge in [0.1, 0.15) is 0 Å². The topological polar surface area (TPSA) is 0 Å². The van der Waals surface area contributed by atoms with Gasteiger partial charge in [-0.05, 0) is 35.5 Å². The largest absolute Gasteiger partial charge is 0.129 e. The smallest absolute Gasteiger partial charge is 0.0157 e. The lowest BCUT2D eigenvalue weighted by Gasteiger charge is -2.27. The van der Waals surface area contributed by atoms with Crippen LogP contribution in [-0.2, 0) is 0 Å². The predicted molar refractivity (Wildman–Crippen MR) is 55.0 cm³/mol. The molecule has 0 spiro atoms. The van der Waals surface area contributed by atoms with Crippen LogP contribution in [-0.4, -0.2) is 11.0 Å². The summed E-state index contributed by atoms with van der Waals surface area (Å²) in [4.78, 5) is 3.44. The minimum Gasteiger partial charge on any atom is -0.129 e. The van der Waals surface area contributed by atoms with Crippen molar-refractivity contribution in [1.82, 2.24) is 0 Å². The maximum atomic E-state index is 2.34. The molecule has 2 heteroatoms. The summed E-state index contributed by atoms with van der Waals surface area (Å²) in [7, 11) is 0. The van der Waals surface area contributed by atoms with Crippen LogP contribution in [0.3, 0.4) is 0 Å². The van der Waals surface area contributed by atoms with Crippen molar-refractivity contribution in [2.24, 2.45) is 0 Å². The molecule has 0 aromatic rings. The molecule has 0 saturated carbocycles. The van der Waals surface area contributed by atoms with E-state index in [0.717, 1.165) is 5.25 Å². The Morgan fingerprint density at radius 2 is 1.91 bits per heavy atom. The van der Waals surface area contributed by atoms with Crippen LogP contribution in [0.5, 0.6) is 0 Å². The predicted octanol–water partition coefficient (Wildman–Crippen LogP) is 3.64. The maximum absolute atomic E-state index is 2.34. The van der Waals surface area contributed by atoms with E-state index in [4.69, 9.17) is 0 Å². The lowest BCUT2D eigenvalue weighted by Crippen LogP contribution is -2.09. The molecule has 0 bridgehead atoms. The molecule has 0 radical (unpaired) electrons. The second-order valence-electron chi connectivity index (χ2n) is 3.29. The average molecular weight is 186 g/mol. The average Bonchev–Trinajstić information content (AvgIpc) is 2.04. The summed E-state index contributed by atoms with van der Waals surface area (Å²) in [5.41, 5.74) is 0. The van der Waals surface area contributed by atoms with E-state index in [-0.39, 0.29) is 0 Å². The minimum atomic E-state index is 0.858. The van der Waals surface area contributed by atoms with Crippen LogP contribution in [0.1, 0.15) is 32.6 Å². The van der Waals surface area contributed by atoms with Gasteiger partial charge in [0.05, 0.1) is 0 Å². The Kier molecular flexibility index (Phi) is 2.52. The molecule has 1 aliphatic carbocycles. The van der Waals surface area contributed by atoms with Crippen molar-refractivity contribution < 1.29 is 0 Å². The molecule has 0 N–H and O–H groups in total. The van der Waals surface area contributed by atoms with Gasteiger partial charge in [-0.3, -0.25) is 0 Å². The maximum Gasteiger partial charge on any atom is 0.0157 e. The highest BCUT2D eigenvalue weighted by atomic mass is 32.2. The second-order valence-corrected chi connectivity index (χ2v) is 5.94. The lowest BCUT2D eigenvalue weighted by molar-refractivity contribution is 0.714. The molecule has 0 fully saturated rings. The summed E-state index contributed by atoms with van der Waals surface area (Å²) in [6, 6.07) is 0. The summed E-state index contributed by atoms with van der Waals surface area (Å²) >= 11 is 4.24. The summed E-state index contributed by atoms with van der Waals surface area (Å²) in [5.74, 6) is 1.34. The first-order valence-electron chi connectivity index (χ1n) is 4.38. The van der Waals surface area contributed by atoms with E-state index in [9.17, 15) is 0 Å². The van der Waals surface area contributed by atoms with Crippen LogP contribution in [0.4, 0.5) is 0 Å². The summed E-state index contributed by atoms with van der Waals surface area (Å²) < 4.78 is 0. The molecular weight excluding hydrogens is 172 g/mol. The quantitative estimate of drug-likeness (QED) is 0.566. The van der Waals surface area contributed by atoms with Crippen molar-refractivity contribution in [2.45, 2.75) is 37.9 Å². The van der Waals surface area contributed by atoms with Crippen molar-refractivity contribution in [3.63, 3.8) is 0 Å². The van der Waals surface area contributed by atoms with E-state index in [1.54, 1.807) is 9.81 Å². The van der Waals surface area contributed by atoms with Gasteiger partial charge in [0.2, 0.25) is 0 Å². The third kappa shape index (κ3) is 1.78. The fourth-order valence-electron chi connectivity index (χ4n) is 1.62. The Hall–Kier alpha value is 0.440. The van der Waals surface area contributed by atoms with Crippen molar-refractivity contribution in [3.8, 4) is 0 Å². The summed E-state index contributed by atoms with van der Waals surface area (Å²) in [5, 5.41) is 0.858. The van der Waals surface area contributed by atoms with E-state index >= 15 is 0 Å². The fraction of sp³-hybridized carbons (Fsp3) is 0.778. The van der Waals surface area contributed by atoms with Crippen LogP contribution in [0.15, 0.2) is 9.81 Å². The van der Waals surface area contributed by atoms with Gasteiger partial charge in [0.15, 0.2) is 0 Å². The molecule has 1 aliphatic heterocycles. The van der Waals surface area contributed by atoms with E-state index in [1.807, 2.05) is 0 Å². The summed E-state index contributed by atoms with van der Waals surface area (Å²) in [6.07, 6.45) is 5.61. The SMILES string of the molecule is CC1CSC2=C(CCCC2)S1. The Morgan fingerprint density at radius 1 is 1.18 bits per heavy atom. The first-order valence-corrected chi connectivity index (χ1v) is 6.24. The van der Waals surface area contributed by atoms with Gasteiger partial charge < -0.3 is 0 Å². The van der Waals surface area contributed by atoms with Gasteiger partial charge in [0, 0.05) is 11.0 Å². The van der Waals surface area contributed by atoms with Crippen molar-refractivity contribution in [2.75, 3.05) is 5.75 Å². The minimum absolute atomic E-state index is 0.858. The molecule has 0 aromatic carbocycles. The van der Waals surface area contributed by atoms with E-state index in [1.165, 1.54) is 31.4 Å². The van der Waals surface area contributed by atoms with Crippen molar-refractivity contribution >= 4 is 23.5 Å². The van der Waals surface area contributed by atoms with E-state index in [2.05, 4.69) is 30.4 Å². The van der Waals surface area contributed by atoms with Crippen molar-refractivity contribution in [3.05, 3.63) is 9.81 Å². The number of hydrogen-bond donors (Lipinski definition) is 0. The van der Waals surface area contributed by atoms with Gasteiger partial charge in [-0.15, -0.1) is 23.5 Å². The standard InChI is InChI=1S/C9H14S2/c1-7-6-10-8-4-2-3-5-9(8)11-7/h7H,2-6H2,1H3. The molecule has 11 heavy (non-hydrogen) atoms. The molecule has 0 amide bonds. The van der Waals surface area contributed by atoms with Gasteiger partial charge in [-0.1, -0.05) is 6.92 Å². The van der Waals surface area contributed by atoms with Crippen LogP contribution in [0, 0.1) is 0 Å². The molecule has 0 nitrogen and oxygen atoms in total. The highest BCUT2D eigenvalue weighted by molar-refractivity contribution is 8.10. The molecule has 1 atom stereocenters. The molecule has 0 saturated heterocycles. The van der Waals surface area contributed by atoms with Gasteiger partial charge in [0.25, 0.3) is 0 Å². The van der Waals surface area contributed by atoms with E-state index in [0.29, 0.717) is 0 Å². The van der Waals surface area contributed by atoms with Crippen LogP contribution >= 0.6 is 23.5 Å². The van der Waals surface area contributed by atoms with Crippen molar-refractivity contribution in [1.29, 1.82) is 0 Å². The highest BCUT2D eigenvalue weighted by Crippen LogP contribution is 2.45. The molecule has 2 rings (SSSR count). The fourth-order valence-corrected chi connectivity index (χ4v) is 4.39. The molecule has 1 heterocycles. The summed E-state index contributed by atoms with van der Waals surface area (Å²) in [6.45, 7) is 2.34. The van der Waals surface area contributed by atoms with Gasteiger partial charge in [-0.2, -0.15) is 0 Å². The highest BCUT2D eigenvalue weighted by Gasteiger charge is 2.21. The third-order valence-corrected chi connectivity index (χ3v) is 5.31. The molecule has 0 aromatic heterocycles. The van der Waals surface area contributed by atoms with Crippen LogP contribution in [0.2, 0.25) is 0 Å². The van der Waals surface area contributed by atoms with E-state index < -0.39 is 0 Å². The number of thioether (sulfide) groups is 2. The zero-order valence-corrected chi connectivity index (χ0v) is 8.56. The molecular formula is C9H14S2. The Balaban J connectivity index is 2.12. The Bertz CT molecular complexity index is 184. The monoisotopic (exact) mass is 186 g/mol. The number of rotatable bonds is 0. The van der Waals surface area contributed by atoms with Gasteiger partial charge >= 0.3 is 0 Å². The van der Waals surface area contributed by atoms with Crippen LogP contribution < -0.4 is 0 Å². The third-order valence-electron chi connectivity index (χ3n) is 2.20. The second kappa shape index (κ2) is 3.44.